The maximum absolute atomic E-state index is 12.8. The lowest BCUT2D eigenvalue weighted by atomic mass is 10.4. The van der Waals surface area contributed by atoms with E-state index in [2.05, 4.69) is 27.3 Å². The zero-order valence-electron chi connectivity index (χ0n) is 7.91. The quantitative estimate of drug-likeness (QED) is 0.505. The molecule has 0 heterocycles. The van der Waals surface area contributed by atoms with E-state index in [4.69, 9.17) is 0 Å². The van der Waals surface area contributed by atoms with Crippen LogP contribution in [0.5, 0.6) is 0 Å². The molecule has 1 rings (SSSR count). The predicted molar refractivity (Wildman–Crippen MR) is 65.1 cm³/mol. The summed E-state index contributed by atoms with van der Waals surface area (Å²) in [5, 5.41) is 0. The highest BCUT2D eigenvalue weighted by Gasteiger charge is 2.13. The number of hydrogen-bond acceptors (Lipinski definition) is 2. The van der Waals surface area contributed by atoms with Crippen molar-refractivity contribution in [2.45, 2.75) is 11.3 Å². The van der Waals surface area contributed by atoms with Gasteiger partial charge in [0.2, 0.25) is 10.0 Å². The molecule has 1 aromatic rings. The molecule has 1 aromatic carbocycles. The van der Waals surface area contributed by atoms with E-state index in [1.165, 1.54) is 18.2 Å². The van der Waals surface area contributed by atoms with Gasteiger partial charge >= 0.3 is 0 Å². The van der Waals surface area contributed by atoms with Crippen molar-refractivity contribution in [3.05, 3.63) is 30.1 Å². The van der Waals surface area contributed by atoms with E-state index >= 15 is 0 Å². The minimum absolute atomic E-state index is 0.0315. The van der Waals surface area contributed by atoms with Gasteiger partial charge in [-0.25, -0.2) is 17.5 Å². The summed E-state index contributed by atoms with van der Waals surface area (Å²) in [6.45, 7) is 0.377. The first-order valence-corrected chi connectivity index (χ1v) is 7.38. The van der Waals surface area contributed by atoms with Crippen LogP contribution in [0.25, 0.3) is 0 Å². The van der Waals surface area contributed by atoms with E-state index in [1.54, 1.807) is 0 Å². The fourth-order valence-electron chi connectivity index (χ4n) is 0.991. The molecule has 0 amide bonds. The highest BCUT2D eigenvalue weighted by Crippen LogP contribution is 2.09. The number of halogens is 2. The summed E-state index contributed by atoms with van der Waals surface area (Å²) in [7, 11) is -3.55. The average Bonchev–Trinajstić information content (AvgIpc) is 2.18. The minimum atomic E-state index is -3.55. The lowest BCUT2D eigenvalue weighted by Crippen LogP contribution is -2.25. The minimum Gasteiger partial charge on any atom is -0.211 e. The van der Waals surface area contributed by atoms with Crippen LogP contribution in [0.1, 0.15) is 6.42 Å². The van der Waals surface area contributed by atoms with Crippen molar-refractivity contribution in [2.24, 2.45) is 0 Å². The van der Waals surface area contributed by atoms with Crippen molar-refractivity contribution in [1.82, 2.24) is 4.72 Å². The second-order valence-electron chi connectivity index (χ2n) is 2.90. The summed E-state index contributed by atoms with van der Waals surface area (Å²) in [4.78, 5) is -0.0315. The van der Waals surface area contributed by atoms with Gasteiger partial charge in [0.15, 0.2) is 0 Å². The molecule has 0 atom stereocenters. The number of sulfonamides is 1. The van der Waals surface area contributed by atoms with E-state index in [0.717, 1.165) is 16.9 Å². The molecule has 0 spiro atoms. The summed E-state index contributed by atoms with van der Waals surface area (Å²) in [5.41, 5.74) is 0. The molecule has 0 saturated carbocycles. The maximum atomic E-state index is 12.8. The number of nitrogens with one attached hydrogen (secondary N) is 1. The monoisotopic (exact) mass is 343 g/mol. The van der Waals surface area contributed by atoms with Gasteiger partial charge in [-0.15, -0.1) is 0 Å². The van der Waals surface area contributed by atoms with Gasteiger partial charge < -0.3 is 0 Å². The molecule has 6 heteroatoms. The molecular formula is C9H11FINO2S. The molecule has 0 radical (unpaired) electrons. The highest BCUT2D eigenvalue weighted by atomic mass is 127. The third-order valence-electron chi connectivity index (χ3n) is 1.71. The van der Waals surface area contributed by atoms with Crippen LogP contribution in [-0.4, -0.2) is 19.4 Å². The fourth-order valence-corrected chi connectivity index (χ4v) is 2.48. The largest absolute Gasteiger partial charge is 0.240 e. The Labute approximate surface area is 102 Å². The Kier molecular flexibility index (Phi) is 4.94. The van der Waals surface area contributed by atoms with E-state index in [1.807, 2.05) is 0 Å². The van der Waals surface area contributed by atoms with Crippen LogP contribution < -0.4 is 4.72 Å². The van der Waals surface area contributed by atoms with Crippen molar-refractivity contribution in [3.8, 4) is 0 Å². The lowest BCUT2D eigenvalue weighted by molar-refractivity contribution is 0.577. The number of hydrogen-bond donors (Lipinski definition) is 1. The van der Waals surface area contributed by atoms with E-state index in [9.17, 15) is 12.8 Å². The first kappa shape index (κ1) is 12.9. The third-order valence-corrected chi connectivity index (χ3v) is 3.93. The summed E-state index contributed by atoms with van der Waals surface area (Å²) in [5.74, 6) is -0.549. The summed E-state index contributed by atoms with van der Waals surface area (Å²) in [6.07, 6.45) is 0.759. The van der Waals surface area contributed by atoms with Crippen molar-refractivity contribution in [1.29, 1.82) is 0 Å². The van der Waals surface area contributed by atoms with Crippen LogP contribution in [0.3, 0.4) is 0 Å². The molecular weight excluding hydrogens is 332 g/mol. The SMILES string of the molecule is O=S(=O)(NCCCI)c1cccc(F)c1. The highest BCUT2D eigenvalue weighted by molar-refractivity contribution is 14.1. The van der Waals surface area contributed by atoms with Crippen LogP contribution in [0, 0.1) is 5.82 Å². The molecule has 0 aliphatic rings. The fraction of sp³-hybridized carbons (Fsp3) is 0.333. The first-order valence-electron chi connectivity index (χ1n) is 4.37. The Hall–Kier alpha value is -0.210. The lowest BCUT2D eigenvalue weighted by Gasteiger charge is -2.05. The zero-order chi connectivity index (χ0) is 11.3. The number of rotatable bonds is 5. The van der Waals surface area contributed by atoms with Gasteiger partial charge in [-0.2, -0.15) is 0 Å². The molecule has 84 valence electrons. The molecule has 3 nitrogen and oxygen atoms in total. The van der Waals surface area contributed by atoms with Crippen LogP contribution >= 0.6 is 22.6 Å². The van der Waals surface area contributed by atoms with E-state index in [-0.39, 0.29) is 4.90 Å². The zero-order valence-corrected chi connectivity index (χ0v) is 10.9. The van der Waals surface area contributed by atoms with Gasteiger partial charge in [-0.3, -0.25) is 0 Å². The molecule has 0 bridgehead atoms. The number of benzene rings is 1. The second kappa shape index (κ2) is 5.76. The molecule has 15 heavy (non-hydrogen) atoms. The molecule has 0 aliphatic carbocycles. The van der Waals surface area contributed by atoms with Crippen molar-refractivity contribution < 1.29 is 12.8 Å². The number of alkyl halides is 1. The second-order valence-corrected chi connectivity index (χ2v) is 5.74. The maximum Gasteiger partial charge on any atom is 0.240 e. The van der Waals surface area contributed by atoms with Gasteiger partial charge in [0, 0.05) is 11.0 Å². The van der Waals surface area contributed by atoms with Crippen molar-refractivity contribution >= 4 is 32.6 Å². The molecule has 0 saturated heterocycles. The summed E-state index contributed by atoms with van der Waals surface area (Å²) < 4.78 is 39.2. The Morgan fingerprint density at radius 1 is 1.40 bits per heavy atom. The first-order chi connectivity index (χ1) is 7.06. The topological polar surface area (TPSA) is 46.2 Å². The van der Waals surface area contributed by atoms with Gasteiger partial charge in [0.25, 0.3) is 0 Å². The molecule has 0 fully saturated rings. The Bertz CT molecular complexity index is 422. The molecule has 0 unspecified atom stereocenters. The summed E-state index contributed by atoms with van der Waals surface area (Å²) in [6, 6.07) is 4.97. The van der Waals surface area contributed by atoms with Gasteiger partial charge in [-0.1, -0.05) is 28.7 Å². The van der Waals surface area contributed by atoms with Gasteiger partial charge in [-0.05, 0) is 24.6 Å². The Morgan fingerprint density at radius 3 is 2.73 bits per heavy atom. The van der Waals surface area contributed by atoms with Crippen molar-refractivity contribution in [2.75, 3.05) is 11.0 Å². The summed E-state index contributed by atoms with van der Waals surface area (Å²) >= 11 is 2.16. The van der Waals surface area contributed by atoms with Gasteiger partial charge in [0.1, 0.15) is 5.82 Å². The van der Waals surface area contributed by atoms with Crippen LogP contribution in [0.4, 0.5) is 4.39 Å². The standard InChI is InChI=1S/C9H11FINO2S/c10-8-3-1-4-9(7-8)15(13,14)12-6-2-5-11/h1,3-4,7,12H,2,5-6H2. The van der Waals surface area contributed by atoms with Crippen LogP contribution in [0.15, 0.2) is 29.2 Å². The molecule has 0 aliphatic heterocycles. The molecule has 0 aromatic heterocycles. The Morgan fingerprint density at radius 2 is 2.13 bits per heavy atom. The predicted octanol–water partition coefficient (Wildman–Crippen LogP) is 1.93. The van der Waals surface area contributed by atoms with Crippen LogP contribution in [0.2, 0.25) is 0 Å². The third kappa shape index (κ3) is 4.04. The average molecular weight is 343 g/mol. The molecule has 1 N–H and O–H groups in total. The van der Waals surface area contributed by atoms with E-state index < -0.39 is 15.8 Å². The van der Waals surface area contributed by atoms with Crippen LogP contribution in [-0.2, 0) is 10.0 Å². The van der Waals surface area contributed by atoms with Crippen molar-refractivity contribution in [3.63, 3.8) is 0 Å². The van der Waals surface area contributed by atoms with Gasteiger partial charge in [0.05, 0.1) is 4.90 Å². The normalized spacial score (nSPS) is 11.6. The Balaban J connectivity index is 2.77. The smallest absolute Gasteiger partial charge is 0.211 e. The van der Waals surface area contributed by atoms with E-state index in [0.29, 0.717) is 6.54 Å².